The van der Waals surface area contributed by atoms with Crippen LogP contribution in [0.15, 0.2) is 64.6 Å². The zero-order chi connectivity index (χ0) is 14.5. The van der Waals surface area contributed by atoms with E-state index in [4.69, 9.17) is 0 Å². The van der Waals surface area contributed by atoms with E-state index in [2.05, 4.69) is 32.6 Å². The van der Waals surface area contributed by atoms with Crippen LogP contribution < -0.4 is 22.8 Å². The molecule has 0 radical (unpaired) electrons. The Hall–Kier alpha value is -2.07. The van der Waals surface area contributed by atoms with Gasteiger partial charge in [0.25, 0.3) is 0 Å². The van der Waals surface area contributed by atoms with Crippen molar-refractivity contribution in [2.24, 2.45) is 5.10 Å². The molecule has 112 valence electrons. The van der Waals surface area contributed by atoms with Crippen LogP contribution in [0.2, 0.25) is 0 Å². The van der Waals surface area contributed by atoms with E-state index in [9.17, 15) is 5.11 Å². The first kappa shape index (κ1) is 16.3. The van der Waals surface area contributed by atoms with Crippen LogP contribution in [-0.2, 0) is 0 Å². The van der Waals surface area contributed by atoms with Crippen molar-refractivity contribution in [1.29, 1.82) is 0 Å². The molecule has 0 fully saturated rings. The molecule has 0 amide bonds. The van der Waals surface area contributed by atoms with Gasteiger partial charge < -0.3 is 12.4 Å². The summed E-state index contributed by atoms with van der Waals surface area (Å²) in [5.74, 6) is 0.223. The van der Waals surface area contributed by atoms with E-state index < -0.39 is 0 Å². The third-order valence-corrected chi connectivity index (χ3v) is 4.58. The molecule has 3 aromatic rings. The van der Waals surface area contributed by atoms with E-state index in [0.717, 1.165) is 10.4 Å². The molecule has 0 spiro atoms. The fourth-order valence-corrected chi connectivity index (χ4v) is 3.35. The molecule has 1 aromatic heterocycles. The molecule has 22 heavy (non-hydrogen) atoms. The van der Waals surface area contributed by atoms with Gasteiger partial charge in [0.2, 0.25) is 0 Å². The summed E-state index contributed by atoms with van der Waals surface area (Å²) in [4.78, 5) is 5.51. The van der Waals surface area contributed by atoms with Crippen LogP contribution in [0.3, 0.4) is 0 Å². The van der Waals surface area contributed by atoms with Gasteiger partial charge in [0, 0.05) is 0 Å². The van der Waals surface area contributed by atoms with Crippen molar-refractivity contribution in [2.45, 2.75) is 0 Å². The summed E-state index contributed by atoms with van der Waals surface area (Å²) < 4.78 is 0.980. The number of benzene rings is 2. The quantitative estimate of drug-likeness (QED) is 0.361. The summed E-state index contributed by atoms with van der Waals surface area (Å²) in [7, 11) is 0. The van der Waals surface area contributed by atoms with E-state index in [0.29, 0.717) is 5.56 Å². The predicted molar refractivity (Wildman–Crippen MR) is 84.7 cm³/mol. The Morgan fingerprint density at radius 3 is 2.55 bits per heavy atom. The van der Waals surface area contributed by atoms with E-state index >= 15 is 0 Å². The molecular weight excluding hydrogens is 365 g/mol. The number of aromatic hydroxyl groups is 1. The van der Waals surface area contributed by atoms with E-state index in [1.165, 1.54) is 5.56 Å². The molecule has 2 aromatic carbocycles. The van der Waals surface area contributed by atoms with Crippen LogP contribution in [0.5, 0.6) is 5.75 Å². The van der Waals surface area contributed by atoms with Crippen LogP contribution in [0.25, 0.3) is 11.3 Å². The maximum absolute atomic E-state index is 9.65. The third kappa shape index (κ3) is 3.98. The van der Waals surface area contributed by atoms with Gasteiger partial charge in [-0.25, -0.2) is 0 Å². The molecule has 0 aliphatic carbocycles. The second kappa shape index (κ2) is 7.80. The number of phenolic OH excluding ortho intramolecular Hbond substituents is 1. The number of H-pyrrole nitrogens is 1. The molecule has 0 aliphatic heterocycles. The summed E-state index contributed by atoms with van der Waals surface area (Å²) in [6, 6.07) is 17.3. The van der Waals surface area contributed by atoms with Crippen LogP contribution in [0, 0.1) is 0 Å². The minimum absolute atomic E-state index is 0. The number of phenols is 1. The van der Waals surface area contributed by atoms with Gasteiger partial charge in [0.05, 0.1) is 0 Å². The zero-order valence-corrected chi connectivity index (χ0v) is 14.0. The van der Waals surface area contributed by atoms with Gasteiger partial charge in [-0.15, -0.1) is 0 Å². The smallest absolute Gasteiger partial charge is 1.00 e. The van der Waals surface area contributed by atoms with Crippen molar-refractivity contribution in [2.75, 3.05) is 5.43 Å². The summed E-state index contributed by atoms with van der Waals surface area (Å²) in [5, 5.41) is 13.8. The van der Waals surface area contributed by atoms with Gasteiger partial charge in [-0.05, 0) is 0 Å². The topological polar surface area (TPSA) is 58.8 Å². The Morgan fingerprint density at radius 2 is 1.77 bits per heavy atom. The van der Waals surface area contributed by atoms with Gasteiger partial charge in [-0.3, -0.25) is 0 Å². The molecule has 1 heterocycles. The Kier molecular flexibility index (Phi) is 5.78. The monoisotopic (exact) mass is 379 g/mol. The maximum Gasteiger partial charge on any atom is -1.00 e. The molecule has 0 bridgehead atoms. The molecular formula is C16H14ClN3OSe. The average molecular weight is 379 g/mol. The van der Waals surface area contributed by atoms with Crippen LogP contribution in [-0.4, -0.2) is 25.8 Å². The average Bonchev–Trinajstić information content (AvgIpc) is 2.99. The molecule has 3 N–H and O–H groups in total. The fourth-order valence-electron chi connectivity index (χ4n) is 1.87. The van der Waals surface area contributed by atoms with Gasteiger partial charge >= 0.3 is 128 Å². The number of rotatable bonds is 4. The fraction of sp³-hybridized carbons (Fsp3) is 0. The standard InChI is InChI=1S/C16H13N3OSe.ClH/c20-15-9-5-4-8-13(15)10-17-19-16-18-14(11-21-16)12-6-2-1-3-7-12;/h1-11,20H,(H,18,19);1H. The molecule has 0 unspecified atom stereocenters. The van der Waals surface area contributed by atoms with E-state index in [1.54, 1.807) is 18.3 Å². The Balaban J connectivity index is 0.00000176. The Labute approximate surface area is 140 Å². The van der Waals surface area contributed by atoms with Crippen molar-refractivity contribution in [3.8, 4) is 17.0 Å². The molecule has 3 rings (SSSR count). The molecule has 0 saturated heterocycles. The van der Waals surface area contributed by atoms with Crippen LogP contribution in [0.1, 0.15) is 5.56 Å². The SMILES string of the molecule is Oc1ccccc1C=NNc1[nH+]c(-c2ccccc2)c[se]1.[Cl-]. The van der Waals surface area contributed by atoms with Crippen molar-refractivity contribution in [3.63, 3.8) is 0 Å². The number of nitrogens with zero attached hydrogens (tertiary/aromatic N) is 1. The van der Waals surface area contributed by atoms with Crippen LogP contribution in [0.4, 0.5) is 4.69 Å². The Bertz CT molecular complexity index is 759. The number of aromatic nitrogens is 1. The first-order valence-corrected chi connectivity index (χ1v) is 8.31. The van der Waals surface area contributed by atoms with Crippen LogP contribution >= 0.6 is 0 Å². The molecule has 4 nitrogen and oxygen atoms in total. The normalized spacial score (nSPS) is 10.4. The van der Waals surface area contributed by atoms with E-state index in [1.807, 2.05) is 30.3 Å². The van der Waals surface area contributed by atoms with Gasteiger partial charge in [-0.2, -0.15) is 0 Å². The first-order chi connectivity index (χ1) is 10.3. The summed E-state index contributed by atoms with van der Waals surface area (Å²) in [6.45, 7) is 0. The maximum atomic E-state index is 9.65. The minimum atomic E-state index is 0. The van der Waals surface area contributed by atoms with Crippen molar-refractivity contribution >= 4 is 25.4 Å². The van der Waals surface area contributed by atoms with Crippen molar-refractivity contribution in [3.05, 3.63) is 65.1 Å². The Morgan fingerprint density at radius 1 is 1.05 bits per heavy atom. The number of nitrogens with one attached hydrogen (secondary N) is 2. The third-order valence-electron chi connectivity index (χ3n) is 2.93. The van der Waals surface area contributed by atoms with Gasteiger partial charge in [-0.1, -0.05) is 0 Å². The number of hydrogen-bond donors (Lipinski definition) is 2. The van der Waals surface area contributed by atoms with Crippen molar-refractivity contribution in [1.82, 2.24) is 0 Å². The largest absolute Gasteiger partial charge is 1.00 e. The number of para-hydroxylation sites is 1. The second-order valence-corrected chi connectivity index (χ2v) is 6.24. The number of aromatic amines is 1. The molecule has 0 saturated carbocycles. The zero-order valence-electron chi connectivity index (χ0n) is 11.5. The first-order valence-electron chi connectivity index (χ1n) is 6.46. The molecule has 0 atom stereocenters. The number of anilines is 1. The summed E-state index contributed by atoms with van der Waals surface area (Å²) in [6.07, 6.45) is 1.61. The second-order valence-electron chi connectivity index (χ2n) is 4.40. The summed E-state index contributed by atoms with van der Waals surface area (Å²) >= 11 is 0.210. The molecule has 0 aliphatic rings. The minimum Gasteiger partial charge on any atom is -1.00 e. The predicted octanol–water partition coefficient (Wildman–Crippen LogP) is -0.620. The van der Waals surface area contributed by atoms with Gasteiger partial charge in [0.15, 0.2) is 0 Å². The van der Waals surface area contributed by atoms with E-state index in [-0.39, 0.29) is 32.7 Å². The number of hydrazone groups is 1. The van der Waals surface area contributed by atoms with Crippen molar-refractivity contribution < 1.29 is 22.5 Å². The summed E-state index contributed by atoms with van der Waals surface area (Å²) in [5.41, 5.74) is 5.96. The number of hydrogen-bond acceptors (Lipinski definition) is 3. The number of halogens is 1. The van der Waals surface area contributed by atoms with Gasteiger partial charge in [0.1, 0.15) is 0 Å². The molecule has 6 heteroatoms.